The van der Waals surface area contributed by atoms with Crippen LogP contribution in [0.5, 0.6) is 28.7 Å². The minimum absolute atomic E-state index is 0.0525. The number of carbonyl (C=O) groups excluding carboxylic acids is 6. The highest BCUT2D eigenvalue weighted by molar-refractivity contribution is 6.64. The van der Waals surface area contributed by atoms with Gasteiger partial charge in [0.1, 0.15) is 59.0 Å². The van der Waals surface area contributed by atoms with Gasteiger partial charge in [-0.15, -0.1) is 0 Å². The third-order valence-corrected chi connectivity index (χ3v) is 17.3. The number of aliphatic carboxylic acids is 1. The predicted octanol–water partition coefficient (Wildman–Crippen LogP) is 1.91. The minimum Gasteiger partial charge on any atom is -0.497 e. The second-order valence-corrected chi connectivity index (χ2v) is 25.1. The lowest BCUT2D eigenvalue weighted by atomic mass is 9.93. The fourth-order valence-corrected chi connectivity index (χ4v) is 10.6. The molecule has 31 nitrogen and oxygen atoms in total. The standard InChI is InChI=1S/C16H23BN2O5.C15H22BN2O5.C14H20N2O3.C13H18N2O3.C13H20N2O2.C5H9NO2/c1-18-14(15(20)23-3)11-24-9-8-19(16(17)21)10-12-4-6-13(22-2)7-5-12;1-17-14(15(20)21)10-23-8-7-18(16-11-19)9-12-3-5-13(22-2)6-4-12;1-15-13-10-19-8-7-16(14(13)17)9-11-3-5-12(18-2)6-4-11;1-17-11-4-2-10(3-5-11)8-15-6-7-18-9-12(14)13(15)16;1-16-13-4-2-11(3-5-13)8-15-6-7-17-10-12(14)9-15;1-6-3-4(6)5(7)8-2/h4-7,14,18H,8-11H2,1-3H3;3-6,11,14,17H,7-10H2,1-2H3,(H,20,21);3-6,13,15H,7-10H2,1-2H3;2-5,12H,6-9,14H2,1H3;2-5,12H,6-10,14H2,1H3;4H,3H2,1-2H3/t2*14-;13-;2*12-;4-,6?/m000010/s1. The number of carboxylic acids is 1. The van der Waals surface area contributed by atoms with Crippen LogP contribution in [0.4, 0.5) is 4.79 Å². The van der Waals surface area contributed by atoms with Crippen LogP contribution in [0.1, 0.15) is 27.8 Å². The summed E-state index contributed by atoms with van der Waals surface area (Å²) < 4.78 is 61.6. The molecular weight excluding hydrogens is 1410 g/mol. The van der Waals surface area contributed by atoms with Gasteiger partial charge in [0.05, 0.1) is 122 Å². The van der Waals surface area contributed by atoms with Gasteiger partial charge in [0.2, 0.25) is 19.7 Å². The smallest absolute Gasteiger partial charge is 0.325 e. The Morgan fingerprint density at radius 2 is 1.00 bits per heavy atom. The maximum absolute atomic E-state index is 12.3. The van der Waals surface area contributed by atoms with E-state index in [0.717, 1.165) is 90.0 Å². The highest BCUT2D eigenvalue weighted by Crippen LogP contribution is 2.20. The molecule has 3 amide bonds. The molecule has 5 aromatic carbocycles. The number of nitrogens with one attached hydrogen (secondary N) is 3. The van der Waals surface area contributed by atoms with E-state index in [1.54, 1.807) is 61.6 Å². The Balaban J connectivity index is 0.000000281. The Labute approximate surface area is 643 Å². The molecule has 33 heteroatoms. The molecule has 4 heterocycles. The van der Waals surface area contributed by atoms with Gasteiger partial charge in [-0.05, 0) is 117 Å². The van der Waals surface area contributed by atoms with Gasteiger partial charge >= 0.3 is 17.9 Å². The third-order valence-electron chi connectivity index (χ3n) is 17.3. The number of nitrogens with two attached hydrogens (primary N) is 2. The van der Waals surface area contributed by atoms with Crippen molar-refractivity contribution in [3.8, 4) is 28.7 Å². The van der Waals surface area contributed by atoms with E-state index in [-0.39, 0.29) is 55.7 Å². The van der Waals surface area contributed by atoms with Crippen molar-refractivity contribution < 1.29 is 95.5 Å². The van der Waals surface area contributed by atoms with Crippen LogP contribution in [0.2, 0.25) is 0 Å². The van der Waals surface area contributed by atoms with Gasteiger partial charge in [0.25, 0.3) is 7.41 Å². The van der Waals surface area contributed by atoms with Crippen molar-refractivity contribution in [2.45, 2.75) is 69.0 Å². The molecule has 0 bridgehead atoms. The molecule has 4 fully saturated rings. The molecule has 0 spiro atoms. The molecule has 1 unspecified atom stereocenters. The summed E-state index contributed by atoms with van der Waals surface area (Å²) in [6.45, 7) is 11.8. The molecule has 8 N–H and O–H groups in total. The van der Waals surface area contributed by atoms with Crippen LogP contribution in [-0.4, -0.2) is 317 Å². The summed E-state index contributed by atoms with van der Waals surface area (Å²) in [5.74, 6) is 2.07. The summed E-state index contributed by atoms with van der Waals surface area (Å²) in [6, 6.07) is 36.6. The lowest BCUT2D eigenvalue weighted by molar-refractivity contribution is -0.145. The molecule has 0 saturated carbocycles. The average Bonchev–Trinajstić information content (AvgIpc) is 1.81. The minimum atomic E-state index is -0.956. The molecule has 0 aromatic heterocycles. The number of esters is 2. The molecule has 109 heavy (non-hydrogen) atoms. The lowest BCUT2D eigenvalue weighted by Crippen LogP contribution is -2.45. The highest BCUT2D eigenvalue weighted by atomic mass is 16.5. The maximum Gasteiger partial charge on any atom is 0.325 e. The number of carbonyl (C=O) groups is 7. The van der Waals surface area contributed by atoms with Crippen molar-refractivity contribution in [1.29, 1.82) is 0 Å². The Bertz CT molecular complexity index is 3400. The fraction of sp³-hybridized carbons (Fsp3) is 0.513. The number of hydrogen-bond donors (Lipinski definition) is 6. The molecule has 5 aromatic rings. The Hall–Kier alpha value is -8.80. The van der Waals surface area contributed by atoms with Crippen molar-refractivity contribution in [2.75, 3.05) is 190 Å². The van der Waals surface area contributed by atoms with E-state index < -0.39 is 35.9 Å². The number of likely N-dealkylation sites (N-methyl/N-ethyl adjacent to an activating group) is 4. The van der Waals surface area contributed by atoms with Crippen molar-refractivity contribution in [3.63, 3.8) is 0 Å². The first kappa shape index (κ1) is 92.6. The van der Waals surface area contributed by atoms with Crippen LogP contribution >= 0.6 is 0 Å². The van der Waals surface area contributed by atoms with Crippen LogP contribution < -0.4 is 51.1 Å². The van der Waals surface area contributed by atoms with Gasteiger partial charge in [-0.1, -0.05) is 60.7 Å². The van der Waals surface area contributed by atoms with Crippen molar-refractivity contribution >= 4 is 57.0 Å². The zero-order valence-electron chi connectivity index (χ0n) is 64.8. The molecule has 4 saturated heterocycles. The first-order valence-corrected chi connectivity index (χ1v) is 35.6. The summed E-state index contributed by atoms with van der Waals surface area (Å²) in [6.07, 6.45) is 0.719. The topological polar surface area (TPSA) is 358 Å². The van der Waals surface area contributed by atoms with Crippen molar-refractivity contribution in [1.82, 2.24) is 45.3 Å². The van der Waals surface area contributed by atoms with E-state index in [1.807, 2.05) is 131 Å². The summed E-state index contributed by atoms with van der Waals surface area (Å²) >= 11 is 0. The summed E-state index contributed by atoms with van der Waals surface area (Å²) in [5.41, 5.74) is 17.0. The second-order valence-electron chi connectivity index (χ2n) is 25.1. The second kappa shape index (κ2) is 53.1. The Morgan fingerprint density at radius 3 is 1.41 bits per heavy atom. The Morgan fingerprint density at radius 1 is 0.578 bits per heavy atom. The largest absolute Gasteiger partial charge is 0.497 e. The first-order chi connectivity index (χ1) is 52.6. The fourth-order valence-electron chi connectivity index (χ4n) is 10.6. The normalized spacial score (nSPS) is 18.0. The molecule has 7 atom stereocenters. The molecule has 597 valence electrons. The van der Waals surface area contributed by atoms with Crippen molar-refractivity contribution in [2.24, 2.45) is 11.5 Å². The van der Waals surface area contributed by atoms with Crippen molar-refractivity contribution in [3.05, 3.63) is 149 Å². The van der Waals surface area contributed by atoms with E-state index in [9.17, 15) is 33.6 Å². The van der Waals surface area contributed by atoms with Crippen LogP contribution in [-0.2, 0) is 94.6 Å². The SMILES string of the molecule is CN[C@@H](COCCN([B]C=O)Cc1ccc(OC)cc1)C(=O)O.CN[C@H]1COCCN(Cc2ccc(OC)cc2)C1=O.COC(=O)[C@@H]1CN1C.COc1ccc(CN2CCOC[C@H](N)C2)cc1.COc1ccc(CN2CCOC[C@H](N)C2=O)cc1.[B]C(=O)N(CCOC[C@H](NC)C(=O)OC)Cc1ccc(OC)cc1. The molecule has 4 aliphatic heterocycles. The number of ether oxygens (including phenoxy) is 12. The lowest BCUT2D eigenvalue weighted by Gasteiger charge is -2.23. The molecule has 0 aliphatic carbocycles. The number of nitrogens with zero attached hydrogens (tertiary/aromatic N) is 6. The van der Waals surface area contributed by atoms with E-state index in [2.05, 4.69) is 42.5 Å². The van der Waals surface area contributed by atoms with Crippen LogP contribution in [0.15, 0.2) is 121 Å². The summed E-state index contributed by atoms with van der Waals surface area (Å²) in [7, 11) is 24.6. The van der Waals surface area contributed by atoms with Crippen LogP contribution in [0, 0.1) is 0 Å². The number of carboxylic acid groups (broad SMARTS) is 1. The summed E-state index contributed by atoms with van der Waals surface area (Å²) in [4.78, 5) is 90.4. The molecule has 4 aliphatic rings. The number of hydrogen-bond acceptors (Lipinski definition) is 27. The van der Waals surface area contributed by atoms with Gasteiger partial charge in [-0.25, -0.2) is 0 Å². The number of methoxy groups -OCH3 is 7. The number of amides is 3. The maximum atomic E-state index is 12.3. The quantitative estimate of drug-likeness (QED) is 0.0115. The van der Waals surface area contributed by atoms with Gasteiger partial charge in [0.15, 0.2) is 5.81 Å². The summed E-state index contributed by atoms with van der Waals surface area (Å²) in [5, 5.41) is 17.3. The number of rotatable bonds is 33. The van der Waals surface area contributed by atoms with E-state index in [1.165, 1.54) is 32.1 Å². The average molecular weight is 1520 g/mol. The molecular formula is C76H112B2N11O20. The van der Waals surface area contributed by atoms with Gasteiger partial charge in [0, 0.05) is 84.6 Å². The monoisotopic (exact) mass is 1520 g/mol. The number of benzene rings is 5. The molecule has 3 radical (unpaired) electrons. The van der Waals surface area contributed by atoms with Crippen LogP contribution in [0.3, 0.4) is 0 Å². The predicted molar refractivity (Wildman–Crippen MR) is 412 cm³/mol. The highest BCUT2D eigenvalue weighted by Gasteiger charge is 2.37. The van der Waals surface area contributed by atoms with Gasteiger partial charge in [-0.2, -0.15) is 0 Å². The van der Waals surface area contributed by atoms with Crippen LogP contribution in [0.25, 0.3) is 0 Å². The third kappa shape index (κ3) is 36.1. The first-order valence-electron chi connectivity index (χ1n) is 35.6. The van der Waals surface area contributed by atoms with E-state index >= 15 is 0 Å². The zero-order chi connectivity index (χ0) is 79.9. The van der Waals surface area contributed by atoms with E-state index in [0.29, 0.717) is 92.0 Å². The van der Waals surface area contributed by atoms with E-state index in [4.69, 9.17) is 71.8 Å². The van der Waals surface area contributed by atoms with Gasteiger partial charge < -0.3 is 114 Å². The van der Waals surface area contributed by atoms with Gasteiger partial charge in [-0.3, -0.25) is 38.6 Å². The zero-order valence-corrected chi connectivity index (χ0v) is 64.8. The molecule has 9 rings (SSSR count). The Kier molecular flexibility index (Phi) is 45.1.